The predicted octanol–water partition coefficient (Wildman–Crippen LogP) is 2.35. The molecule has 0 aromatic carbocycles. The molecule has 1 aliphatic carbocycles. The summed E-state index contributed by atoms with van der Waals surface area (Å²) in [5.41, 5.74) is 1.45. The van der Waals surface area contributed by atoms with Gasteiger partial charge in [0.05, 0.1) is 5.69 Å². The number of alkyl halides is 1. The predicted molar refractivity (Wildman–Crippen MR) is 50.5 cm³/mol. The summed E-state index contributed by atoms with van der Waals surface area (Å²) in [7, 11) is 0. The lowest BCUT2D eigenvalue weighted by Gasteiger charge is -2.09. The molecule has 1 saturated carbocycles. The molecule has 0 bridgehead atoms. The van der Waals surface area contributed by atoms with Gasteiger partial charge in [0.1, 0.15) is 0 Å². The maximum atomic E-state index is 5.92. The van der Waals surface area contributed by atoms with E-state index in [1.807, 2.05) is 5.38 Å². The van der Waals surface area contributed by atoms with Gasteiger partial charge in [-0.25, -0.2) is 0 Å². The second-order valence-electron chi connectivity index (χ2n) is 3.67. The van der Waals surface area contributed by atoms with E-state index in [2.05, 4.69) is 16.5 Å². The molecule has 2 atom stereocenters. The van der Waals surface area contributed by atoms with E-state index >= 15 is 0 Å². The Labute approximate surface area is 81.1 Å². The minimum atomic E-state index is 0.345. The molecule has 1 aliphatic rings. The van der Waals surface area contributed by atoms with Gasteiger partial charge in [0.15, 0.2) is 0 Å². The smallest absolute Gasteiger partial charge is 0.0761 e. The summed E-state index contributed by atoms with van der Waals surface area (Å²) in [4.78, 5) is 0. The maximum absolute atomic E-state index is 5.92. The SMILES string of the molecule is CC1CC1(CCl)Cc1csnn1. The number of aromatic nitrogens is 2. The van der Waals surface area contributed by atoms with Gasteiger partial charge in [-0.05, 0) is 35.7 Å². The topological polar surface area (TPSA) is 25.8 Å². The first kappa shape index (κ1) is 8.45. The van der Waals surface area contributed by atoms with Crippen molar-refractivity contribution in [3.63, 3.8) is 0 Å². The van der Waals surface area contributed by atoms with Crippen LogP contribution in [0.25, 0.3) is 0 Å². The van der Waals surface area contributed by atoms with Crippen LogP contribution in [0.1, 0.15) is 19.0 Å². The van der Waals surface area contributed by atoms with Crippen LogP contribution < -0.4 is 0 Å². The minimum Gasteiger partial charge on any atom is -0.143 e. The minimum absolute atomic E-state index is 0.345. The zero-order chi connectivity index (χ0) is 8.60. The average Bonchev–Trinajstić information content (AvgIpc) is 2.51. The Hall–Kier alpha value is -0.150. The fourth-order valence-electron chi connectivity index (χ4n) is 1.65. The summed E-state index contributed by atoms with van der Waals surface area (Å²) in [6, 6.07) is 0. The third-order valence-corrected chi connectivity index (χ3v) is 3.89. The third-order valence-electron chi connectivity index (χ3n) is 2.80. The van der Waals surface area contributed by atoms with E-state index in [0.29, 0.717) is 5.41 Å². The van der Waals surface area contributed by atoms with Crippen molar-refractivity contribution in [3.05, 3.63) is 11.1 Å². The van der Waals surface area contributed by atoms with E-state index in [-0.39, 0.29) is 0 Å². The maximum Gasteiger partial charge on any atom is 0.0761 e. The second kappa shape index (κ2) is 2.96. The van der Waals surface area contributed by atoms with Crippen LogP contribution in [0.4, 0.5) is 0 Å². The molecule has 1 aromatic rings. The standard InChI is InChI=1S/C8H11ClN2S/c1-6-2-8(6,5-9)3-7-4-12-11-10-7/h4,6H,2-3,5H2,1H3. The van der Waals surface area contributed by atoms with Gasteiger partial charge >= 0.3 is 0 Å². The van der Waals surface area contributed by atoms with Gasteiger partial charge in [-0.1, -0.05) is 11.4 Å². The second-order valence-corrected chi connectivity index (χ2v) is 4.55. The van der Waals surface area contributed by atoms with E-state index in [1.54, 1.807) is 0 Å². The van der Waals surface area contributed by atoms with Crippen LogP contribution >= 0.6 is 23.1 Å². The Morgan fingerprint density at radius 1 is 1.83 bits per heavy atom. The molecule has 2 rings (SSSR count). The highest BCUT2D eigenvalue weighted by Gasteiger charge is 2.50. The number of rotatable bonds is 3. The molecule has 1 fully saturated rings. The van der Waals surface area contributed by atoms with Gasteiger partial charge in [0, 0.05) is 11.3 Å². The summed E-state index contributed by atoms with van der Waals surface area (Å²) in [6.45, 7) is 2.25. The van der Waals surface area contributed by atoms with E-state index < -0.39 is 0 Å². The van der Waals surface area contributed by atoms with Crippen molar-refractivity contribution in [2.45, 2.75) is 19.8 Å². The summed E-state index contributed by atoms with van der Waals surface area (Å²) in [5, 5.41) is 6.05. The van der Waals surface area contributed by atoms with Gasteiger partial charge in [0.25, 0.3) is 0 Å². The Balaban J connectivity index is 2.04. The van der Waals surface area contributed by atoms with Crippen molar-refractivity contribution in [3.8, 4) is 0 Å². The lowest BCUT2D eigenvalue weighted by molar-refractivity contribution is 0.517. The fraction of sp³-hybridized carbons (Fsp3) is 0.750. The summed E-state index contributed by atoms with van der Waals surface area (Å²) < 4.78 is 3.84. The highest BCUT2D eigenvalue weighted by atomic mass is 35.5. The van der Waals surface area contributed by atoms with Gasteiger partial charge < -0.3 is 0 Å². The zero-order valence-electron chi connectivity index (χ0n) is 6.96. The molecule has 2 unspecified atom stereocenters. The highest BCUT2D eigenvalue weighted by Crippen LogP contribution is 2.54. The molecule has 2 nitrogen and oxygen atoms in total. The fourth-order valence-corrected chi connectivity index (χ4v) is 2.57. The summed E-state index contributed by atoms with van der Waals surface area (Å²) in [5.74, 6) is 1.52. The molecular formula is C8H11ClN2S. The van der Waals surface area contributed by atoms with Crippen molar-refractivity contribution in [2.24, 2.45) is 11.3 Å². The highest BCUT2D eigenvalue weighted by molar-refractivity contribution is 7.03. The van der Waals surface area contributed by atoms with Gasteiger partial charge in [-0.3, -0.25) is 0 Å². The summed E-state index contributed by atoms with van der Waals surface area (Å²) in [6.07, 6.45) is 2.25. The molecular weight excluding hydrogens is 192 g/mol. The molecule has 66 valence electrons. The van der Waals surface area contributed by atoms with E-state index in [1.165, 1.54) is 18.0 Å². The molecule has 0 saturated heterocycles. The van der Waals surface area contributed by atoms with E-state index in [0.717, 1.165) is 23.9 Å². The molecule has 4 heteroatoms. The average molecular weight is 203 g/mol. The number of nitrogens with zero attached hydrogens (tertiary/aromatic N) is 2. The first-order valence-electron chi connectivity index (χ1n) is 4.09. The lowest BCUT2D eigenvalue weighted by Crippen LogP contribution is -2.09. The monoisotopic (exact) mass is 202 g/mol. The molecule has 0 aliphatic heterocycles. The molecule has 0 N–H and O–H groups in total. The van der Waals surface area contributed by atoms with Crippen LogP contribution in [0.5, 0.6) is 0 Å². The Kier molecular flexibility index (Phi) is 2.09. The molecule has 0 amide bonds. The van der Waals surface area contributed by atoms with E-state index in [9.17, 15) is 0 Å². The van der Waals surface area contributed by atoms with Crippen molar-refractivity contribution >= 4 is 23.1 Å². The van der Waals surface area contributed by atoms with Crippen molar-refractivity contribution in [1.29, 1.82) is 0 Å². The van der Waals surface area contributed by atoms with Gasteiger partial charge in [0.2, 0.25) is 0 Å². The molecule has 12 heavy (non-hydrogen) atoms. The number of hydrogen-bond donors (Lipinski definition) is 0. The van der Waals surface area contributed by atoms with Gasteiger partial charge in [-0.15, -0.1) is 16.7 Å². The first-order chi connectivity index (χ1) is 5.77. The first-order valence-corrected chi connectivity index (χ1v) is 5.46. The lowest BCUT2D eigenvalue weighted by atomic mass is 10.0. The van der Waals surface area contributed by atoms with Crippen LogP contribution in [0.3, 0.4) is 0 Å². The zero-order valence-corrected chi connectivity index (χ0v) is 8.53. The third kappa shape index (κ3) is 1.36. The van der Waals surface area contributed by atoms with Crippen LogP contribution in [-0.2, 0) is 6.42 Å². The summed E-state index contributed by atoms with van der Waals surface area (Å²) >= 11 is 7.34. The molecule has 0 spiro atoms. The van der Waals surface area contributed by atoms with Crippen LogP contribution in [-0.4, -0.2) is 15.5 Å². The quantitative estimate of drug-likeness (QED) is 0.704. The van der Waals surface area contributed by atoms with Crippen LogP contribution in [0, 0.1) is 11.3 Å². The van der Waals surface area contributed by atoms with E-state index in [4.69, 9.17) is 11.6 Å². The number of hydrogen-bond acceptors (Lipinski definition) is 3. The molecule has 1 heterocycles. The molecule has 0 radical (unpaired) electrons. The van der Waals surface area contributed by atoms with Crippen molar-refractivity contribution in [2.75, 3.05) is 5.88 Å². The van der Waals surface area contributed by atoms with Crippen LogP contribution in [0.2, 0.25) is 0 Å². The Morgan fingerprint density at radius 2 is 2.58 bits per heavy atom. The normalized spacial score (nSPS) is 33.7. The largest absolute Gasteiger partial charge is 0.143 e. The molecule has 1 aromatic heterocycles. The van der Waals surface area contributed by atoms with Gasteiger partial charge in [-0.2, -0.15) is 0 Å². The Bertz CT molecular complexity index is 258. The van der Waals surface area contributed by atoms with Crippen LogP contribution in [0.15, 0.2) is 5.38 Å². The van der Waals surface area contributed by atoms with Crippen molar-refractivity contribution < 1.29 is 0 Å². The van der Waals surface area contributed by atoms with Crippen molar-refractivity contribution in [1.82, 2.24) is 9.59 Å². The Morgan fingerprint density at radius 3 is 3.00 bits per heavy atom. The number of halogens is 1.